The monoisotopic (exact) mass is 332 g/mol. The Balaban J connectivity index is 1.64. The number of carbonyl (C=O) groups is 1. The number of urea groups is 1. The minimum Gasteiger partial charge on any atom is -0.469 e. The number of carbonyl (C=O) groups excluding carboxylic acids is 1. The smallest absolute Gasteiger partial charge is 0.318 e. The van der Waals surface area contributed by atoms with Crippen LogP contribution in [0.25, 0.3) is 0 Å². The molecule has 0 aromatic carbocycles. The number of ether oxygens (including phenoxy) is 1. The molecule has 1 aliphatic rings. The van der Waals surface area contributed by atoms with Crippen molar-refractivity contribution in [2.45, 2.75) is 38.8 Å². The zero-order valence-electron chi connectivity index (χ0n) is 14.2. The number of morpholine rings is 1. The van der Waals surface area contributed by atoms with Gasteiger partial charge in [-0.25, -0.2) is 4.79 Å². The lowest BCUT2D eigenvalue weighted by molar-refractivity contribution is 0.00349. The van der Waals surface area contributed by atoms with E-state index in [0.717, 1.165) is 23.7 Å². The van der Waals surface area contributed by atoms with Gasteiger partial charge in [-0.15, -0.1) is 0 Å². The molecule has 2 aromatic rings. The van der Waals surface area contributed by atoms with Crippen molar-refractivity contribution in [2.24, 2.45) is 0 Å². The van der Waals surface area contributed by atoms with Gasteiger partial charge in [0.15, 0.2) is 0 Å². The third kappa shape index (κ3) is 3.82. The van der Waals surface area contributed by atoms with Crippen molar-refractivity contribution >= 4 is 6.03 Å². The highest BCUT2D eigenvalue weighted by atomic mass is 16.5. The first-order chi connectivity index (χ1) is 11.7. The third-order valence-corrected chi connectivity index (χ3v) is 4.21. The Bertz CT molecular complexity index is 650. The summed E-state index contributed by atoms with van der Waals surface area (Å²) < 4.78 is 16.7. The van der Waals surface area contributed by atoms with E-state index in [2.05, 4.69) is 5.32 Å². The lowest BCUT2D eigenvalue weighted by Crippen LogP contribution is -2.50. The average molecular weight is 332 g/mol. The summed E-state index contributed by atoms with van der Waals surface area (Å²) in [6, 6.07) is 7.35. The number of hydrogen-bond acceptors (Lipinski definition) is 4. The molecular weight excluding hydrogens is 308 g/mol. The number of amides is 2. The Morgan fingerprint density at radius 3 is 2.96 bits per heavy atom. The highest BCUT2D eigenvalue weighted by Gasteiger charge is 2.31. The van der Waals surface area contributed by atoms with E-state index in [-0.39, 0.29) is 18.1 Å². The molecule has 0 aliphatic carbocycles. The normalized spacial score (nSPS) is 19.2. The van der Waals surface area contributed by atoms with Crippen molar-refractivity contribution in [1.82, 2.24) is 10.2 Å². The lowest BCUT2D eigenvalue weighted by atomic mass is 10.1. The fourth-order valence-corrected chi connectivity index (χ4v) is 2.92. The van der Waals surface area contributed by atoms with Gasteiger partial charge >= 0.3 is 6.03 Å². The van der Waals surface area contributed by atoms with Crippen molar-refractivity contribution in [3.63, 3.8) is 0 Å². The van der Waals surface area contributed by atoms with Crippen LogP contribution in [0.15, 0.2) is 39.4 Å². The molecule has 2 amide bonds. The largest absolute Gasteiger partial charge is 0.469 e. The van der Waals surface area contributed by atoms with E-state index in [9.17, 15) is 4.79 Å². The van der Waals surface area contributed by atoms with Crippen LogP contribution in [0.2, 0.25) is 0 Å². The predicted octanol–water partition coefficient (Wildman–Crippen LogP) is 3.15. The van der Waals surface area contributed by atoms with Crippen LogP contribution < -0.4 is 5.32 Å². The molecule has 24 heavy (non-hydrogen) atoms. The van der Waals surface area contributed by atoms with Crippen LogP contribution >= 0.6 is 0 Å². The van der Waals surface area contributed by atoms with E-state index >= 15 is 0 Å². The molecule has 6 nitrogen and oxygen atoms in total. The summed E-state index contributed by atoms with van der Waals surface area (Å²) in [5.41, 5.74) is 0. The number of aryl methyl sites for hydroxylation is 1. The lowest BCUT2D eigenvalue weighted by Gasteiger charge is -2.35. The maximum Gasteiger partial charge on any atom is 0.318 e. The van der Waals surface area contributed by atoms with E-state index in [1.807, 2.05) is 38.1 Å². The second-order valence-electron chi connectivity index (χ2n) is 6.08. The number of furan rings is 2. The summed E-state index contributed by atoms with van der Waals surface area (Å²) in [6.07, 6.45) is 3.14. The fourth-order valence-electron chi connectivity index (χ4n) is 2.92. The van der Waals surface area contributed by atoms with Crippen LogP contribution in [-0.4, -0.2) is 36.7 Å². The second kappa shape index (κ2) is 7.57. The van der Waals surface area contributed by atoms with E-state index < -0.39 is 0 Å². The molecule has 1 aliphatic heterocycles. The van der Waals surface area contributed by atoms with E-state index in [1.54, 1.807) is 11.2 Å². The molecular formula is C18H24N2O4. The third-order valence-electron chi connectivity index (χ3n) is 4.21. The Kier molecular flexibility index (Phi) is 5.25. The van der Waals surface area contributed by atoms with Gasteiger partial charge in [0, 0.05) is 25.4 Å². The van der Waals surface area contributed by atoms with Crippen molar-refractivity contribution in [1.29, 1.82) is 0 Å². The first-order valence-corrected chi connectivity index (χ1v) is 8.43. The van der Waals surface area contributed by atoms with Gasteiger partial charge < -0.3 is 23.8 Å². The van der Waals surface area contributed by atoms with Gasteiger partial charge in [-0.3, -0.25) is 0 Å². The maximum atomic E-state index is 12.7. The van der Waals surface area contributed by atoms with E-state index in [0.29, 0.717) is 26.2 Å². The van der Waals surface area contributed by atoms with Crippen LogP contribution in [0.3, 0.4) is 0 Å². The molecule has 1 fully saturated rings. The average Bonchev–Trinajstić information content (AvgIpc) is 3.26. The molecule has 6 heteroatoms. The summed E-state index contributed by atoms with van der Waals surface area (Å²) >= 11 is 0. The quantitative estimate of drug-likeness (QED) is 0.913. The number of nitrogens with one attached hydrogen (secondary N) is 1. The number of hydrogen-bond donors (Lipinski definition) is 1. The molecule has 0 spiro atoms. The molecule has 0 unspecified atom stereocenters. The van der Waals surface area contributed by atoms with Crippen molar-refractivity contribution < 1.29 is 18.4 Å². The number of nitrogens with zero attached hydrogens (tertiary/aromatic N) is 1. The second-order valence-corrected chi connectivity index (χ2v) is 6.08. The summed E-state index contributed by atoms with van der Waals surface area (Å²) in [5.74, 6) is 2.56. The minimum atomic E-state index is -0.185. The van der Waals surface area contributed by atoms with Crippen LogP contribution in [0.5, 0.6) is 0 Å². The zero-order valence-corrected chi connectivity index (χ0v) is 14.2. The Morgan fingerprint density at radius 2 is 2.25 bits per heavy atom. The summed E-state index contributed by atoms with van der Waals surface area (Å²) in [5, 5.41) is 3.04. The van der Waals surface area contributed by atoms with Gasteiger partial charge in [0.05, 0.1) is 19.5 Å². The van der Waals surface area contributed by atoms with Gasteiger partial charge in [-0.1, -0.05) is 6.92 Å². The van der Waals surface area contributed by atoms with Crippen LogP contribution in [0.4, 0.5) is 4.79 Å². The molecule has 1 N–H and O–H groups in total. The molecule has 2 aromatic heterocycles. The molecule has 0 radical (unpaired) electrons. The van der Waals surface area contributed by atoms with Crippen LogP contribution in [0.1, 0.15) is 37.2 Å². The molecule has 0 saturated carbocycles. The SMILES string of the molecule is CCc1ccc([C@H]2COCCN2C(=O)N[C@H](C)Cc2ccco2)o1. The highest BCUT2D eigenvalue weighted by Crippen LogP contribution is 2.26. The van der Waals surface area contributed by atoms with Gasteiger partial charge in [-0.2, -0.15) is 0 Å². The molecule has 3 rings (SSSR count). The van der Waals surface area contributed by atoms with Crippen LogP contribution in [-0.2, 0) is 17.6 Å². The highest BCUT2D eigenvalue weighted by molar-refractivity contribution is 5.75. The molecule has 1 saturated heterocycles. The summed E-state index contributed by atoms with van der Waals surface area (Å²) in [6.45, 7) is 5.55. The molecule has 2 atom stereocenters. The Labute approximate surface area is 141 Å². The standard InChI is InChI=1S/C18H24N2O4/c1-3-14-6-7-17(24-14)16-12-22-10-8-20(16)18(21)19-13(2)11-15-5-4-9-23-15/h4-7,9,13,16H,3,8,10-12H2,1-2H3,(H,19,21)/t13-,16-/m1/s1. The molecule has 0 bridgehead atoms. The van der Waals surface area contributed by atoms with Crippen molar-refractivity contribution in [2.75, 3.05) is 19.8 Å². The minimum absolute atomic E-state index is 0.0186. The maximum absolute atomic E-state index is 12.7. The zero-order chi connectivity index (χ0) is 16.9. The molecule has 3 heterocycles. The first-order valence-electron chi connectivity index (χ1n) is 8.43. The van der Waals surface area contributed by atoms with Gasteiger partial charge in [0.1, 0.15) is 23.3 Å². The van der Waals surface area contributed by atoms with Crippen molar-refractivity contribution in [3.8, 4) is 0 Å². The molecule has 130 valence electrons. The summed E-state index contributed by atoms with van der Waals surface area (Å²) in [4.78, 5) is 14.5. The van der Waals surface area contributed by atoms with Crippen molar-refractivity contribution in [3.05, 3.63) is 47.8 Å². The predicted molar refractivity (Wildman–Crippen MR) is 88.8 cm³/mol. The Hall–Kier alpha value is -2.21. The van der Waals surface area contributed by atoms with Gasteiger partial charge in [0.2, 0.25) is 0 Å². The van der Waals surface area contributed by atoms with E-state index in [1.165, 1.54) is 0 Å². The fraction of sp³-hybridized carbons (Fsp3) is 0.500. The van der Waals surface area contributed by atoms with Gasteiger partial charge in [0.25, 0.3) is 0 Å². The van der Waals surface area contributed by atoms with E-state index in [4.69, 9.17) is 13.6 Å². The van der Waals surface area contributed by atoms with Gasteiger partial charge in [-0.05, 0) is 31.2 Å². The number of rotatable bonds is 5. The summed E-state index contributed by atoms with van der Waals surface area (Å²) in [7, 11) is 0. The Morgan fingerprint density at radius 1 is 1.38 bits per heavy atom. The topological polar surface area (TPSA) is 67.8 Å². The first kappa shape index (κ1) is 16.6. The van der Waals surface area contributed by atoms with Crippen LogP contribution in [0, 0.1) is 0 Å².